The molecule has 0 radical (unpaired) electrons. The van der Waals surface area contributed by atoms with Gasteiger partial charge in [0.1, 0.15) is 5.82 Å². The summed E-state index contributed by atoms with van der Waals surface area (Å²) in [6.07, 6.45) is 14.8. The number of hydrogen-bond acceptors (Lipinski definition) is 5. The Morgan fingerprint density at radius 3 is 2.39 bits per heavy atom. The van der Waals surface area contributed by atoms with Gasteiger partial charge in [0.2, 0.25) is 0 Å². The summed E-state index contributed by atoms with van der Waals surface area (Å²) in [7, 11) is 0. The maximum absolute atomic E-state index is 12.2. The van der Waals surface area contributed by atoms with E-state index in [2.05, 4.69) is 29.9 Å². The van der Waals surface area contributed by atoms with E-state index in [1.165, 1.54) is 43.4 Å². The lowest BCUT2D eigenvalue weighted by Gasteiger charge is -2.47. The average molecular weight is 605 g/mol. The van der Waals surface area contributed by atoms with Gasteiger partial charge in [-0.25, -0.2) is 9.79 Å². The van der Waals surface area contributed by atoms with Gasteiger partial charge >= 0.3 is 6.09 Å². The number of hydrogen-bond donors (Lipinski definition) is 2. The van der Waals surface area contributed by atoms with Gasteiger partial charge < -0.3 is 10.2 Å². The fourth-order valence-electron chi connectivity index (χ4n) is 6.78. The summed E-state index contributed by atoms with van der Waals surface area (Å²) in [5.74, 6) is 0.788. The molecule has 0 aromatic heterocycles. The van der Waals surface area contributed by atoms with E-state index in [4.69, 9.17) is 5.26 Å². The van der Waals surface area contributed by atoms with Crippen LogP contribution in [0.15, 0.2) is 51.2 Å². The lowest BCUT2D eigenvalue weighted by molar-refractivity contribution is 0.0346. The van der Waals surface area contributed by atoms with Crippen LogP contribution in [0.4, 0.5) is 10.5 Å². The molecule has 0 heterocycles. The van der Waals surface area contributed by atoms with Crippen LogP contribution in [0.5, 0.6) is 0 Å². The first-order chi connectivity index (χ1) is 20.7. The molecule has 0 saturated heterocycles. The zero-order valence-electron chi connectivity index (χ0n) is 28.7. The highest BCUT2D eigenvalue weighted by Crippen LogP contribution is 2.68. The molecule has 1 aromatic carbocycles. The Labute approximate surface area is 266 Å². The summed E-state index contributed by atoms with van der Waals surface area (Å²) < 4.78 is 0. The van der Waals surface area contributed by atoms with Crippen LogP contribution in [0, 0.1) is 35.0 Å². The summed E-state index contributed by atoms with van der Waals surface area (Å²) in [4.78, 5) is 22.3. The van der Waals surface area contributed by atoms with E-state index in [9.17, 15) is 15.0 Å². The molecule has 1 unspecified atom stereocenters. The number of amides is 1. The predicted molar refractivity (Wildman–Crippen MR) is 183 cm³/mol. The van der Waals surface area contributed by atoms with Crippen molar-refractivity contribution in [2.45, 2.75) is 126 Å². The molecule has 7 nitrogen and oxygen atoms in total. The monoisotopic (exact) mass is 604 g/mol. The third-order valence-electron chi connectivity index (χ3n) is 9.76. The van der Waals surface area contributed by atoms with Crippen molar-refractivity contribution < 1.29 is 15.0 Å². The SMILES string of the molecule is CC=Nc1ccc(C#N)cc1C.C\C=C(/N=C\C(=C(/C)CC)C(C)(C)O)N(CC1CCC2(CC2)[C@](C)(CCCC)C1)C(=O)O. The molecule has 3 rings (SSSR count). The highest BCUT2D eigenvalue weighted by molar-refractivity contribution is 5.83. The van der Waals surface area contributed by atoms with Crippen LogP contribution >= 0.6 is 0 Å². The second kappa shape index (κ2) is 16.2. The van der Waals surface area contributed by atoms with Crippen LogP contribution < -0.4 is 0 Å². The Kier molecular flexibility index (Phi) is 13.6. The summed E-state index contributed by atoms with van der Waals surface area (Å²) in [6, 6.07) is 7.55. The minimum absolute atomic E-state index is 0.324. The number of aliphatic hydroxyl groups is 1. The highest BCUT2D eigenvalue weighted by atomic mass is 16.4. The van der Waals surface area contributed by atoms with Gasteiger partial charge in [0, 0.05) is 24.5 Å². The molecular weight excluding hydrogens is 548 g/mol. The Bertz CT molecular complexity index is 1290. The molecule has 1 aromatic rings. The van der Waals surface area contributed by atoms with Crippen LogP contribution in [0.1, 0.15) is 124 Å². The Hall–Kier alpha value is -3.24. The molecule has 2 fully saturated rings. The van der Waals surface area contributed by atoms with Crippen molar-refractivity contribution in [1.29, 1.82) is 5.26 Å². The van der Waals surface area contributed by atoms with E-state index < -0.39 is 11.7 Å². The highest BCUT2D eigenvalue weighted by Gasteiger charge is 2.58. The molecule has 0 aliphatic heterocycles. The number of allylic oxidation sites excluding steroid dienone is 2. The van der Waals surface area contributed by atoms with Crippen LogP contribution in [-0.2, 0) is 0 Å². The number of nitriles is 1. The maximum atomic E-state index is 12.2. The molecule has 1 spiro atoms. The van der Waals surface area contributed by atoms with Gasteiger partial charge in [-0.2, -0.15) is 5.26 Å². The first kappa shape index (κ1) is 36.9. The molecule has 2 N–H and O–H groups in total. The van der Waals surface area contributed by atoms with Gasteiger partial charge in [-0.3, -0.25) is 9.89 Å². The topological polar surface area (TPSA) is 109 Å². The van der Waals surface area contributed by atoms with Gasteiger partial charge in [-0.15, -0.1) is 0 Å². The quantitative estimate of drug-likeness (QED) is 0.245. The fourth-order valence-corrected chi connectivity index (χ4v) is 6.78. The molecule has 2 saturated carbocycles. The first-order valence-electron chi connectivity index (χ1n) is 16.3. The van der Waals surface area contributed by atoms with Crippen molar-refractivity contribution in [2.75, 3.05) is 6.54 Å². The minimum Gasteiger partial charge on any atom is -0.465 e. The molecule has 44 heavy (non-hydrogen) atoms. The van der Waals surface area contributed by atoms with E-state index in [1.54, 1.807) is 38.4 Å². The summed E-state index contributed by atoms with van der Waals surface area (Å²) in [6.45, 7) is 18.3. The second-order valence-electron chi connectivity index (χ2n) is 13.5. The van der Waals surface area contributed by atoms with Crippen molar-refractivity contribution >= 4 is 24.2 Å². The Morgan fingerprint density at radius 1 is 1.23 bits per heavy atom. The third-order valence-corrected chi connectivity index (χ3v) is 9.76. The zero-order chi connectivity index (χ0) is 33.1. The van der Waals surface area contributed by atoms with Crippen molar-refractivity contribution in [3.8, 4) is 6.07 Å². The molecule has 2 aliphatic rings. The van der Waals surface area contributed by atoms with E-state index in [-0.39, 0.29) is 0 Å². The normalized spacial score (nSPS) is 21.9. The zero-order valence-corrected chi connectivity index (χ0v) is 28.7. The summed E-state index contributed by atoms with van der Waals surface area (Å²) >= 11 is 0. The molecule has 7 heteroatoms. The Balaban J connectivity index is 0.000000469. The van der Waals surface area contributed by atoms with Crippen molar-refractivity contribution in [3.05, 3.63) is 52.4 Å². The molecular formula is C37H56N4O3. The smallest absolute Gasteiger partial charge is 0.413 e. The van der Waals surface area contributed by atoms with Crippen LogP contribution in [0.2, 0.25) is 0 Å². The van der Waals surface area contributed by atoms with E-state index in [1.807, 2.05) is 46.8 Å². The average Bonchev–Trinajstić information content (AvgIpc) is 3.77. The van der Waals surface area contributed by atoms with Crippen LogP contribution in [0.3, 0.4) is 0 Å². The lowest BCUT2D eigenvalue weighted by atomic mass is 9.59. The molecule has 2 aliphatic carbocycles. The number of carboxylic acid groups (broad SMARTS) is 1. The second-order valence-corrected chi connectivity index (χ2v) is 13.5. The number of aliphatic imine (C=N–C) groups is 2. The molecule has 2 atom stereocenters. The van der Waals surface area contributed by atoms with Gasteiger partial charge in [-0.1, -0.05) is 39.2 Å². The van der Waals surface area contributed by atoms with E-state index in [0.29, 0.717) is 34.7 Å². The van der Waals surface area contributed by atoms with Crippen molar-refractivity contribution in [1.82, 2.24) is 4.90 Å². The molecule has 242 valence electrons. The van der Waals surface area contributed by atoms with Gasteiger partial charge in [0.25, 0.3) is 0 Å². The Morgan fingerprint density at radius 2 is 1.91 bits per heavy atom. The third kappa shape index (κ3) is 9.63. The van der Waals surface area contributed by atoms with E-state index in [0.717, 1.165) is 41.7 Å². The predicted octanol–water partition coefficient (Wildman–Crippen LogP) is 9.76. The number of unbranched alkanes of at least 4 members (excludes halogenated alkanes) is 1. The number of carbonyl (C=O) groups is 1. The van der Waals surface area contributed by atoms with Crippen LogP contribution in [-0.4, -0.2) is 45.8 Å². The van der Waals surface area contributed by atoms with Gasteiger partial charge in [0.05, 0.1) is 22.9 Å². The molecule has 0 bridgehead atoms. The van der Waals surface area contributed by atoms with Crippen molar-refractivity contribution in [2.24, 2.45) is 26.7 Å². The summed E-state index contributed by atoms with van der Waals surface area (Å²) in [5, 5.41) is 29.2. The van der Waals surface area contributed by atoms with E-state index >= 15 is 0 Å². The standard InChI is InChI=1S/C27H46N2O3.C10H10N2/c1-8-11-13-26(7)17-21(12-14-27(26)15-16-27)19-29(24(30)31)23(10-3)28-18-22(20(4)9-2)25(5,6)32;1-3-12-10-5-4-9(7-11)6-8(10)2/h10,18,21,32H,8-9,11-17,19H2,1-7H3,(H,30,31);3-6H,1-2H3/b22-20-,23-10+,28-18-;/t21?,26-;/m1./s1. The largest absolute Gasteiger partial charge is 0.465 e. The minimum atomic E-state index is -1.03. The number of rotatable bonds is 11. The number of aryl methyl sites for hydroxylation is 1. The fraction of sp³-hybridized carbons (Fsp3) is 0.622. The van der Waals surface area contributed by atoms with Gasteiger partial charge in [-0.05, 0) is 133 Å². The maximum Gasteiger partial charge on any atom is 0.413 e. The summed E-state index contributed by atoms with van der Waals surface area (Å²) in [5.41, 5.74) is 4.24. The van der Waals surface area contributed by atoms with Crippen molar-refractivity contribution in [3.63, 3.8) is 0 Å². The number of benzene rings is 1. The lowest BCUT2D eigenvalue weighted by Crippen LogP contribution is -2.41. The van der Waals surface area contributed by atoms with Gasteiger partial charge in [0.15, 0.2) is 0 Å². The number of nitrogens with zero attached hydrogens (tertiary/aromatic N) is 4. The molecule has 1 amide bonds. The first-order valence-corrected chi connectivity index (χ1v) is 16.3. The van der Waals surface area contributed by atoms with Crippen LogP contribution in [0.25, 0.3) is 0 Å².